The first-order chi connectivity index (χ1) is 26.1. The number of hydrogen-bond acceptors (Lipinski definition) is 8. The number of carbonyl (C=O) groups excluding carboxylic acids is 4. The van der Waals surface area contributed by atoms with Gasteiger partial charge in [-0.2, -0.15) is 0 Å². The molecule has 282 valence electrons. The van der Waals surface area contributed by atoms with Crippen molar-refractivity contribution in [1.29, 1.82) is 0 Å². The van der Waals surface area contributed by atoms with Gasteiger partial charge in [-0.1, -0.05) is 117 Å². The molecule has 4 atom stereocenters. The Hall–Kier alpha value is -6.01. The summed E-state index contributed by atoms with van der Waals surface area (Å²) >= 11 is 0. The van der Waals surface area contributed by atoms with Crippen LogP contribution >= 0.6 is 0 Å². The summed E-state index contributed by atoms with van der Waals surface area (Å²) in [6.07, 6.45) is 1.13. The van der Waals surface area contributed by atoms with E-state index in [9.17, 15) is 24.3 Å². The molecule has 12 nitrogen and oxygen atoms in total. The number of aromatic nitrogens is 2. The van der Waals surface area contributed by atoms with E-state index in [1.165, 1.54) is 6.33 Å². The molecule has 0 radical (unpaired) electrons. The average molecular weight is 734 g/mol. The molecule has 2 unspecified atom stereocenters. The number of hydrogen-bond donors (Lipinski definition) is 5. The smallest absolute Gasteiger partial charge is 0.408 e. The van der Waals surface area contributed by atoms with Crippen LogP contribution < -0.4 is 16.0 Å². The molecule has 4 aromatic carbocycles. The van der Waals surface area contributed by atoms with Gasteiger partial charge in [0.25, 0.3) is 0 Å². The molecule has 0 fully saturated rings. The summed E-state index contributed by atoms with van der Waals surface area (Å²) in [6.45, 7) is 3.92. The van der Waals surface area contributed by atoms with E-state index in [0.29, 0.717) is 12.1 Å². The molecule has 0 saturated heterocycles. The monoisotopic (exact) mass is 733 g/mol. The molecular formula is C42H47N5O7. The molecule has 0 aliphatic carbocycles. The molecule has 1 heterocycles. The topological polar surface area (TPSA) is 172 Å². The predicted octanol–water partition coefficient (Wildman–Crippen LogP) is 5.15. The van der Waals surface area contributed by atoms with E-state index in [-0.39, 0.29) is 38.4 Å². The van der Waals surface area contributed by atoms with Gasteiger partial charge >= 0.3 is 12.1 Å². The highest BCUT2D eigenvalue weighted by molar-refractivity contribution is 5.93. The minimum Gasteiger partial charge on any atom is -0.461 e. The number of H-pyrrole nitrogens is 1. The molecule has 0 spiro atoms. The van der Waals surface area contributed by atoms with Crippen molar-refractivity contribution in [3.8, 4) is 0 Å². The van der Waals surface area contributed by atoms with E-state index in [4.69, 9.17) is 9.47 Å². The minimum absolute atomic E-state index is 0.00116. The first-order valence-electron chi connectivity index (χ1n) is 18.0. The highest BCUT2D eigenvalue weighted by Crippen LogP contribution is 2.20. The number of ether oxygens (including phenoxy) is 2. The highest BCUT2D eigenvalue weighted by atomic mass is 16.5. The van der Waals surface area contributed by atoms with Gasteiger partial charge < -0.3 is 35.5 Å². The Labute approximate surface area is 314 Å². The summed E-state index contributed by atoms with van der Waals surface area (Å²) in [4.78, 5) is 61.2. The van der Waals surface area contributed by atoms with Crippen LogP contribution in [0.5, 0.6) is 0 Å². The van der Waals surface area contributed by atoms with Gasteiger partial charge in [-0.25, -0.2) is 9.78 Å². The van der Waals surface area contributed by atoms with Crippen LogP contribution in [-0.4, -0.2) is 63.2 Å². The number of amides is 3. The van der Waals surface area contributed by atoms with Gasteiger partial charge in [-0.05, 0) is 39.8 Å². The second-order valence-corrected chi connectivity index (χ2v) is 13.6. The molecule has 5 N–H and O–H groups in total. The van der Waals surface area contributed by atoms with E-state index < -0.39 is 48.1 Å². The standard InChI is InChI=1S/C42H47N5O7/c1-28(2)20-35(38(48)23-39(49)53-25-29-12-5-3-6-13-29)45-41(51)37(22-33-24-43-27-44-33)46-40(50)36(47-42(52)54-26-30-14-7-4-8-15-30)21-32-18-11-17-31-16-9-10-19-34(31)32/h3-19,24,27-28,35-38,48H,20-23,25-26H2,1-2H3,(H,43,44)(H,45,51)(H,46,50)(H,47,52)/t35?,36-,37-,38?/m0/s1. The highest BCUT2D eigenvalue weighted by Gasteiger charge is 2.32. The van der Waals surface area contributed by atoms with Crippen LogP contribution in [0.25, 0.3) is 10.8 Å². The SMILES string of the molecule is CC(C)CC(NC(=O)[C@H](Cc1c[nH]cn1)NC(=O)[C@H](Cc1cccc2ccccc12)NC(=O)OCc1ccccc1)C(O)CC(=O)OCc1ccccc1. The number of carbonyl (C=O) groups is 4. The van der Waals surface area contributed by atoms with Crippen LogP contribution in [0.15, 0.2) is 116 Å². The second kappa shape index (κ2) is 19.7. The number of rotatable bonds is 18. The molecule has 3 amide bonds. The number of imidazole rings is 1. The van der Waals surface area contributed by atoms with Crippen molar-refractivity contribution in [1.82, 2.24) is 25.9 Å². The van der Waals surface area contributed by atoms with Gasteiger partial charge in [0.2, 0.25) is 11.8 Å². The number of nitrogens with one attached hydrogen (secondary N) is 4. The van der Waals surface area contributed by atoms with Crippen LogP contribution in [0.3, 0.4) is 0 Å². The fourth-order valence-corrected chi connectivity index (χ4v) is 6.11. The Morgan fingerprint density at radius 2 is 1.33 bits per heavy atom. The third-order valence-electron chi connectivity index (χ3n) is 8.86. The minimum atomic E-state index is -1.26. The van der Waals surface area contributed by atoms with E-state index in [0.717, 1.165) is 27.5 Å². The van der Waals surface area contributed by atoms with Crippen molar-refractivity contribution in [2.45, 2.75) is 77.0 Å². The predicted molar refractivity (Wildman–Crippen MR) is 204 cm³/mol. The Morgan fingerprint density at radius 1 is 0.722 bits per heavy atom. The molecule has 5 aromatic rings. The van der Waals surface area contributed by atoms with Gasteiger partial charge in [0, 0.05) is 19.0 Å². The lowest BCUT2D eigenvalue weighted by Crippen LogP contribution is -2.57. The summed E-state index contributed by atoms with van der Waals surface area (Å²) in [5.74, 6) is -1.79. The van der Waals surface area contributed by atoms with Crippen LogP contribution in [-0.2, 0) is 49.9 Å². The Kier molecular flexibility index (Phi) is 14.3. The van der Waals surface area contributed by atoms with E-state index in [1.54, 1.807) is 6.20 Å². The zero-order chi connectivity index (χ0) is 38.3. The summed E-state index contributed by atoms with van der Waals surface area (Å²) in [6, 6.07) is 28.7. The number of esters is 1. The second-order valence-electron chi connectivity index (χ2n) is 13.6. The lowest BCUT2D eigenvalue weighted by molar-refractivity contribution is -0.148. The summed E-state index contributed by atoms with van der Waals surface area (Å²) in [5, 5.41) is 21.5. The number of fused-ring (bicyclic) bond motifs is 1. The molecule has 0 aliphatic rings. The van der Waals surface area contributed by atoms with Crippen molar-refractivity contribution in [2.75, 3.05) is 0 Å². The zero-order valence-corrected chi connectivity index (χ0v) is 30.4. The van der Waals surface area contributed by atoms with E-state index in [2.05, 4.69) is 25.9 Å². The number of nitrogens with zero attached hydrogens (tertiary/aromatic N) is 1. The van der Waals surface area contributed by atoms with Gasteiger partial charge in [0.1, 0.15) is 25.3 Å². The summed E-state index contributed by atoms with van der Waals surface area (Å²) < 4.78 is 10.9. The third-order valence-corrected chi connectivity index (χ3v) is 8.86. The number of aliphatic hydroxyl groups is 1. The van der Waals surface area contributed by atoms with Crippen molar-refractivity contribution >= 4 is 34.6 Å². The average Bonchev–Trinajstić information content (AvgIpc) is 3.69. The van der Waals surface area contributed by atoms with Crippen LogP contribution in [0, 0.1) is 5.92 Å². The fraction of sp³-hybridized carbons (Fsp3) is 0.310. The maximum Gasteiger partial charge on any atom is 0.408 e. The number of alkyl carbamates (subject to hydrolysis) is 1. The van der Waals surface area contributed by atoms with Gasteiger partial charge in [-0.3, -0.25) is 14.4 Å². The first-order valence-corrected chi connectivity index (χ1v) is 18.0. The van der Waals surface area contributed by atoms with Gasteiger partial charge in [-0.15, -0.1) is 0 Å². The number of aliphatic hydroxyl groups excluding tert-OH is 1. The largest absolute Gasteiger partial charge is 0.461 e. The summed E-state index contributed by atoms with van der Waals surface area (Å²) in [7, 11) is 0. The molecule has 5 rings (SSSR count). The van der Waals surface area contributed by atoms with Crippen LogP contribution in [0.1, 0.15) is 49.1 Å². The summed E-state index contributed by atoms with van der Waals surface area (Å²) in [5.41, 5.74) is 2.90. The molecular weight excluding hydrogens is 686 g/mol. The lowest BCUT2D eigenvalue weighted by Gasteiger charge is -2.28. The maximum absolute atomic E-state index is 14.2. The third kappa shape index (κ3) is 12.0. The molecule has 0 aliphatic heterocycles. The molecule has 12 heteroatoms. The molecule has 0 bridgehead atoms. The molecule has 0 saturated carbocycles. The van der Waals surface area contributed by atoms with Crippen molar-refractivity contribution < 1.29 is 33.8 Å². The fourth-order valence-electron chi connectivity index (χ4n) is 6.11. The van der Waals surface area contributed by atoms with E-state index in [1.807, 2.05) is 117 Å². The van der Waals surface area contributed by atoms with Gasteiger partial charge in [0.05, 0.1) is 30.6 Å². The van der Waals surface area contributed by atoms with Gasteiger partial charge in [0.15, 0.2) is 0 Å². The van der Waals surface area contributed by atoms with Crippen LogP contribution in [0.2, 0.25) is 0 Å². The first kappa shape index (κ1) is 39.2. The zero-order valence-electron chi connectivity index (χ0n) is 30.4. The van der Waals surface area contributed by atoms with Crippen molar-refractivity contribution in [2.24, 2.45) is 5.92 Å². The molecule has 54 heavy (non-hydrogen) atoms. The maximum atomic E-state index is 14.2. The number of benzene rings is 4. The Bertz CT molecular complexity index is 1950. The normalized spacial score (nSPS) is 13.3. The Balaban J connectivity index is 1.32. The van der Waals surface area contributed by atoms with Crippen LogP contribution in [0.4, 0.5) is 4.79 Å². The number of aromatic amines is 1. The lowest BCUT2D eigenvalue weighted by atomic mass is 9.96. The molecule has 1 aromatic heterocycles. The van der Waals surface area contributed by atoms with Crippen molar-refractivity contribution in [3.05, 3.63) is 138 Å². The Morgan fingerprint density at radius 3 is 2.00 bits per heavy atom. The quantitative estimate of drug-likeness (QED) is 0.0770. The van der Waals surface area contributed by atoms with E-state index >= 15 is 0 Å². The van der Waals surface area contributed by atoms with Crippen molar-refractivity contribution in [3.63, 3.8) is 0 Å².